The van der Waals surface area contributed by atoms with Gasteiger partial charge in [0.2, 0.25) is 0 Å². The van der Waals surface area contributed by atoms with Crippen LogP contribution >= 0.6 is 0 Å². The van der Waals surface area contributed by atoms with Crippen LogP contribution in [0, 0.1) is 6.92 Å². The van der Waals surface area contributed by atoms with E-state index < -0.39 is 0 Å². The van der Waals surface area contributed by atoms with Gasteiger partial charge in [0.1, 0.15) is 5.75 Å². The lowest BCUT2D eigenvalue weighted by molar-refractivity contribution is 0.283. The average Bonchev–Trinajstić information content (AvgIpc) is 2.29. The Balaban J connectivity index is 2.70. The van der Waals surface area contributed by atoms with Crippen LogP contribution in [0.1, 0.15) is 30.5 Å². The molecule has 1 aromatic carbocycles. The Kier molecular flexibility index (Phi) is 5.29. The van der Waals surface area contributed by atoms with Crippen molar-refractivity contribution in [3.05, 3.63) is 29.3 Å². The molecule has 0 saturated carbocycles. The van der Waals surface area contributed by atoms with Crippen molar-refractivity contribution in [1.29, 1.82) is 0 Å². The number of nitrogens with one attached hydrogen (secondary N) is 1. The van der Waals surface area contributed by atoms with Gasteiger partial charge in [-0.25, -0.2) is 0 Å². The fourth-order valence-electron chi connectivity index (χ4n) is 1.68. The standard InChI is InChI=1S/C13H21NO2/c1-10-5-6-12(13(9-10)16-3)11(2)14-7-4-8-15/h5-6,9,11,14-15H,4,7-8H2,1-3H3. The molecule has 1 atom stereocenters. The zero-order valence-electron chi connectivity index (χ0n) is 10.3. The predicted octanol–water partition coefficient (Wildman–Crippen LogP) is 2.04. The zero-order chi connectivity index (χ0) is 12.0. The largest absolute Gasteiger partial charge is 0.496 e. The van der Waals surface area contributed by atoms with Crippen molar-refractivity contribution in [3.8, 4) is 5.75 Å². The van der Waals surface area contributed by atoms with E-state index in [-0.39, 0.29) is 12.6 Å². The molecule has 0 heterocycles. The smallest absolute Gasteiger partial charge is 0.123 e. The molecule has 1 aromatic rings. The summed E-state index contributed by atoms with van der Waals surface area (Å²) in [5, 5.41) is 12.1. The van der Waals surface area contributed by atoms with Gasteiger partial charge in [-0.2, -0.15) is 0 Å². The Morgan fingerprint density at radius 2 is 2.19 bits per heavy atom. The normalized spacial score (nSPS) is 12.5. The molecule has 90 valence electrons. The molecular formula is C13H21NO2. The quantitative estimate of drug-likeness (QED) is 0.725. The summed E-state index contributed by atoms with van der Waals surface area (Å²) in [6.45, 7) is 5.19. The number of benzene rings is 1. The van der Waals surface area contributed by atoms with Crippen LogP contribution in [0.25, 0.3) is 0 Å². The van der Waals surface area contributed by atoms with Gasteiger partial charge in [-0.15, -0.1) is 0 Å². The predicted molar refractivity (Wildman–Crippen MR) is 65.9 cm³/mol. The second-order valence-electron chi connectivity index (χ2n) is 4.00. The average molecular weight is 223 g/mol. The number of methoxy groups -OCH3 is 1. The van der Waals surface area contributed by atoms with E-state index >= 15 is 0 Å². The minimum atomic E-state index is 0.227. The molecule has 0 aliphatic rings. The first kappa shape index (κ1) is 13.0. The molecular weight excluding hydrogens is 202 g/mol. The third-order valence-corrected chi connectivity index (χ3v) is 2.64. The highest BCUT2D eigenvalue weighted by molar-refractivity contribution is 5.38. The molecule has 0 fully saturated rings. The van der Waals surface area contributed by atoms with Crippen LogP contribution in [0.15, 0.2) is 18.2 Å². The van der Waals surface area contributed by atoms with Crippen LogP contribution in [0.5, 0.6) is 5.75 Å². The molecule has 0 aliphatic carbocycles. The van der Waals surface area contributed by atoms with Crippen molar-refractivity contribution in [2.24, 2.45) is 0 Å². The fraction of sp³-hybridized carbons (Fsp3) is 0.538. The van der Waals surface area contributed by atoms with Crippen LogP contribution < -0.4 is 10.1 Å². The van der Waals surface area contributed by atoms with Gasteiger partial charge >= 0.3 is 0 Å². The fourth-order valence-corrected chi connectivity index (χ4v) is 1.68. The Hall–Kier alpha value is -1.06. The van der Waals surface area contributed by atoms with E-state index in [0.717, 1.165) is 24.3 Å². The van der Waals surface area contributed by atoms with Gasteiger partial charge in [0, 0.05) is 18.2 Å². The topological polar surface area (TPSA) is 41.5 Å². The number of aryl methyl sites for hydroxylation is 1. The zero-order valence-corrected chi connectivity index (χ0v) is 10.3. The second-order valence-corrected chi connectivity index (χ2v) is 4.00. The molecule has 1 unspecified atom stereocenters. The van der Waals surface area contributed by atoms with E-state index in [1.54, 1.807) is 7.11 Å². The Morgan fingerprint density at radius 1 is 1.44 bits per heavy atom. The first-order chi connectivity index (χ1) is 7.69. The molecule has 1 rings (SSSR count). The van der Waals surface area contributed by atoms with E-state index in [4.69, 9.17) is 9.84 Å². The molecule has 2 N–H and O–H groups in total. The number of rotatable bonds is 6. The highest BCUT2D eigenvalue weighted by Gasteiger charge is 2.10. The van der Waals surface area contributed by atoms with Crippen molar-refractivity contribution >= 4 is 0 Å². The summed E-state index contributed by atoms with van der Waals surface area (Å²) in [4.78, 5) is 0. The van der Waals surface area contributed by atoms with Gasteiger partial charge in [0.05, 0.1) is 7.11 Å². The minimum absolute atomic E-state index is 0.227. The maximum Gasteiger partial charge on any atom is 0.123 e. The molecule has 0 bridgehead atoms. The number of hydrogen-bond acceptors (Lipinski definition) is 3. The lowest BCUT2D eigenvalue weighted by atomic mass is 10.0. The summed E-state index contributed by atoms with van der Waals surface area (Å²) in [5.74, 6) is 0.920. The van der Waals surface area contributed by atoms with Crippen LogP contribution in [-0.4, -0.2) is 25.4 Å². The minimum Gasteiger partial charge on any atom is -0.496 e. The molecule has 0 amide bonds. The first-order valence-corrected chi connectivity index (χ1v) is 5.67. The Bertz CT molecular complexity index is 326. The molecule has 3 nitrogen and oxygen atoms in total. The van der Waals surface area contributed by atoms with E-state index in [1.807, 2.05) is 6.07 Å². The number of aliphatic hydroxyl groups excluding tert-OH is 1. The summed E-state index contributed by atoms with van der Waals surface area (Å²) in [7, 11) is 1.69. The van der Waals surface area contributed by atoms with E-state index in [2.05, 4.69) is 31.3 Å². The molecule has 0 aromatic heterocycles. The van der Waals surface area contributed by atoms with Gasteiger partial charge in [0.15, 0.2) is 0 Å². The van der Waals surface area contributed by atoms with Crippen molar-refractivity contribution in [3.63, 3.8) is 0 Å². The second kappa shape index (κ2) is 6.51. The van der Waals surface area contributed by atoms with Gasteiger partial charge < -0.3 is 15.2 Å². The van der Waals surface area contributed by atoms with Crippen molar-refractivity contribution in [2.75, 3.05) is 20.3 Å². The Labute approximate surface area is 97.4 Å². The maximum absolute atomic E-state index is 8.72. The van der Waals surface area contributed by atoms with E-state index in [9.17, 15) is 0 Å². The lowest BCUT2D eigenvalue weighted by Gasteiger charge is -2.17. The summed E-state index contributed by atoms with van der Waals surface area (Å²) >= 11 is 0. The van der Waals surface area contributed by atoms with E-state index in [0.29, 0.717) is 0 Å². The SMILES string of the molecule is COc1cc(C)ccc1C(C)NCCCO. The van der Waals surface area contributed by atoms with Gasteiger partial charge in [0.25, 0.3) is 0 Å². The number of hydrogen-bond donors (Lipinski definition) is 2. The number of ether oxygens (including phenoxy) is 1. The van der Waals surface area contributed by atoms with Crippen LogP contribution in [0.2, 0.25) is 0 Å². The Morgan fingerprint density at radius 3 is 2.81 bits per heavy atom. The van der Waals surface area contributed by atoms with Gasteiger partial charge in [-0.3, -0.25) is 0 Å². The van der Waals surface area contributed by atoms with Crippen LogP contribution in [-0.2, 0) is 0 Å². The first-order valence-electron chi connectivity index (χ1n) is 5.67. The third kappa shape index (κ3) is 3.51. The molecule has 0 radical (unpaired) electrons. The maximum atomic E-state index is 8.72. The van der Waals surface area contributed by atoms with E-state index in [1.165, 1.54) is 5.56 Å². The highest BCUT2D eigenvalue weighted by atomic mass is 16.5. The summed E-state index contributed by atoms with van der Waals surface area (Å²) in [5.41, 5.74) is 2.36. The molecule has 3 heteroatoms. The van der Waals surface area contributed by atoms with Crippen LogP contribution in [0.3, 0.4) is 0 Å². The van der Waals surface area contributed by atoms with Gasteiger partial charge in [-0.1, -0.05) is 12.1 Å². The van der Waals surface area contributed by atoms with Crippen molar-refractivity contribution in [1.82, 2.24) is 5.32 Å². The summed E-state index contributed by atoms with van der Waals surface area (Å²) in [6.07, 6.45) is 0.776. The van der Waals surface area contributed by atoms with Gasteiger partial charge in [-0.05, 0) is 38.4 Å². The molecule has 0 aliphatic heterocycles. The summed E-state index contributed by atoms with van der Waals surface area (Å²) < 4.78 is 5.36. The van der Waals surface area contributed by atoms with Crippen molar-refractivity contribution in [2.45, 2.75) is 26.3 Å². The molecule has 0 spiro atoms. The van der Waals surface area contributed by atoms with Crippen LogP contribution in [0.4, 0.5) is 0 Å². The monoisotopic (exact) mass is 223 g/mol. The number of aliphatic hydroxyl groups is 1. The van der Waals surface area contributed by atoms with Crippen molar-refractivity contribution < 1.29 is 9.84 Å². The lowest BCUT2D eigenvalue weighted by Crippen LogP contribution is -2.21. The third-order valence-electron chi connectivity index (χ3n) is 2.64. The molecule has 16 heavy (non-hydrogen) atoms. The summed E-state index contributed by atoms with van der Waals surface area (Å²) in [6, 6.07) is 6.45. The molecule has 0 saturated heterocycles. The highest BCUT2D eigenvalue weighted by Crippen LogP contribution is 2.25.